The average molecular weight is 280 g/mol. The smallest absolute Gasteiger partial charge is 0.124 e. The van der Waals surface area contributed by atoms with E-state index in [-0.39, 0.29) is 11.9 Å². The van der Waals surface area contributed by atoms with Crippen molar-refractivity contribution in [1.29, 1.82) is 0 Å². The van der Waals surface area contributed by atoms with Crippen LogP contribution in [0.3, 0.4) is 0 Å². The minimum absolute atomic E-state index is 0.186. The molecule has 2 aromatic rings. The highest BCUT2D eigenvalue weighted by Gasteiger charge is 2.10. The molecule has 0 aliphatic rings. The van der Waals surface area contributed by atoms with Crippen molar-refractivity contribution in [2.24, 2.45) is 5.73 Å². The van der Waals surface area contributed by atoms with Crippen LogP contribution in [0.5, 0.6) is 5.75 Å². The van der Waals surface area contributed by atoms with E-state index in [4.69, 9.17) is 22.1 Å². The normalized spacial score (nSPS) is 12.2. The molecule has 0 amide bonds. The second-order valence-electron chi connectivity index (χ2n) is 4.32. The van der Waals surface area contributed by atoms with Gasteiger partial charge in [-0.05, 0) is 41.8 Å². The molecule has 0 fully saturated rings. The Bertz CT molecular complexity index is 557. The number of ether oxygens (including phenoxy) is 1. The number of benzene rings is 2. The van der Waals surface area contributed by atoms with Gasteiger partial charge >= 0.3 is 0 Å². The van der Waals surface area contributed by atoms with Gasteiger partial charge in [0.05, 0.1) is 7.11 Å². The number of hydrogen-bond donors (Lipinski definition) is 1. The summed E-state index contributed by atoms with van der Waals surface area (Å²) in [4.78, 5) is 0. The summed E-state index contributed by atoms with van der Waals surface area (Å²) < 4.78 is 18.1. The first kappa shape index (κ1) is 13.8. The van der Waals surface area contributed by atoms with Crippen LogP contribution in [0.2, 0.25) is 5.02 Å². The molecule has 2 aromatic carbocycles. The van der Waals surface area contributed by atoms with Gasteiger partial charge in [-0.1, -0.05) is 29.8 Å². The fourth-order valence-electron chi connectivity index (χ4n) is 1.89. The molecular weight excluding hydrogens is 265 g/mol. The first-order chi connectivity index (χ1) is 9.10. The van der Waals surface area contributed by atoms with Gasteiger partial charge < -0.3 is 10.5 Å². The third kappa shape index (κ3) is 3.46. The molecule has 0 aliphatic heterocycles. The topological polar surface area (TPSA) is 35.2 Å². The number of halogens is 2. The van der Waals surface area contributed by atoms with Gasteiger partial charge in [0, 0.05) is 11.1 Å². The first-order valence-corrected chi connectivity index (χ1v) is 6.31. The van der Waals surface area contributed by atoms with Crippen molar-refractivity contribution in [2.45, 2.75) is 12.5 Å². The maximum Gasteiger partial charge on any atom is 0.124 e. The Kier molecular flexibility index (Phi) is 4.40. The quantitative estimate of drug-likeness (QED) is 0.925. The van der Waals surface area contributed by atoms with Gasteiger partial charge in [0.1, 0.15) is 11.6 Å². The SMILES string of the molecule is COc1ccc(C(N)Cc2ccc(F)cc2Cl)cc1. The van der Waals surface area contributed by atoms with Crippen LogP contribution in [0.1, 0.15) is 17.2 Å². The number of hydrogen-bond acceptors (Lipinski definition) is 2. The second-order valence-corrected chi connectivity index (χ2v) is 4.73. The van der Waals surface area contributed by atoms with Crippen LogP contribution in [0.25, 0.3) is 0 Å². The molecule has 0 saturated heterocycles. The summed E-state index contributed by atoms with van der Waals surface area (Å²) in [6, 6.07) is 11.7. The lowest BCUT2D eigenvalue weighted by Gasteiger charge is -2.13. The van der Waals surface area contributed by atoms with Crippen molar-refractivity contribution >= 4 is 11.6 Å². The predicted molar refractivity (Wildman–Crippen MR) is 75.0 cm³/mol. The Labute approximate surface area is 117 Å². The van der Waals surface area contributed by atoms with Crippen molar-refractivity contribution < 1.29 is 9.13 Å². The van der Waals surface area contributed by atoms with Crippen molar-refractivity contribution in [2.75, 3.05) is 7.11 Å². The lowest BCUT2D eigenvalue weighted by atomic mass is 9.99. The van der Waals surface area contributed by atoms with Gasteiger partial charge in [-0.3, -0.25) is 0 Å². The summed E-state index contributed by atoms with van der Waals surface area (Å²) >= 11 is 5.99. The molecule has 2 rings (SSSR count). The standard InChI is InChI=1S/C15H15ClFNO/c1-19-13-6-3-10(4-7-13)15(18)8-11-2-5-12(17)9-14(11)16/h2-7,9,15H,8,18H2,1H3. The molecule has 0 aromatic heterocycles. The van der Waals surface area contributed by atoms with Crippen molar-refractivity contribution in [3.63, 3.8) is 0 Å². The predicted octanol–water partition coefficient (Wildman–Crippen LogP) is 3.73. The van der Waals surface area contributed by atoms with Gasteiger partial charge in [0.15, 0.2) is 0 Å². The van der Waals surface area contributed by atoms with Gasteiger partial charge in [0.2, 0.25) is 0 Å². The Balaban J connectivity index is 2.13. The molecule has 0 radical (unpaired) electrons. The van der Waals surface area contributed by atoms with E-state index in [0.717, 1.165) is 16.9 Å². The third-order valence-electron chi connectivity index (χ3n) is 3.00. The third-order valence-corrected chi connectivity index (χ3v) is 3.35. The molecular formula is C15H15ClFNO. The zero-order chi connectivity index (χ0) is 13.8. The van der Waals surface area contributed by atoms with Gasteiger partial charge in [-0.2, -0.15) is 0 Å². The number of nitrogens with two attached hydrogens (primary N) is 1. The van der Waals surface area contributed by atoms with Crippen molar-refractivity contribution in [3.8, 4) is 5.75 Å². The first-order valence-electron chi connectivity index (χ1n) is 5.93. The van der Waals surface area contributed by atoms with E-state index in [0.29, 0.717) is 11.4 Å². The van der Waals surface area contributed by atoms with Crippen LogP contribution < -0.4 is 10.5 Å². The van der Waals surface area contributed by atoms with Gasteiger partial charge in [0.25, 0.3) is 0 Å². The Hall–Kier alpha value is -1.58. The Morgan fingerprint density at radius 2 is 1.89 bits per heavy atom. The van der Waals surface area contributed by atoms with Gasteiger partial charge in [-0.25, -0.2) is 4.39 Å². The van der Waals surface area contributed by atoms with Crippen LogP contribution in [0, 0.1) is 5.82 Å². The molecule has 4 heteroatoms. The maximum absolute atomic E-state index is 13.0. The van der Waals surface area contributed by atoms with Crippen LogP contribution in [0.15, 0.2) is 42.5 Å². The van der Waals surface area contributed by atoms with E-state index in [2.05, 4.69) is 0 Å². The zero-order valence-corrected chi connectivity index (χ0v) is 11.3. The minimum atomic E-state index is -0.341. The van der Waals surface area contributed by atoms with E-state index in [9.17, 15) is 4.39 Å². The molecule has 2 nitrogen and oxygen atoms in total. The fraction of sp³-hybridized carbons (Fsp3) is 0.200. The van der Waals surface area contributed by atoms with E-state index in [1.54, 1.807) is 13.2 Å². The summed E-state index contributed by atoms with van der Waals surface area (Å²) in [5.41, 5.74) is 7.96. The fourth-order valence-corrected chi connectivity index (χ4v) is 2.14. The molecule has 2 N–H and O–H groups in total. The molecule has 1 atom stereocenters. The second kappa shape index (κ2) is 6.04. The van der Waals surface area contributed by atoms with Crippen LogP contribution in [-0.4, -0.2) is 7.11 Å². The number of methoxy groups -OCH3 is 1. The van der Waals surface area contributed by atoms with Crippen molar-refractivity contribution in [1.82, 2.24) is 0 Å². The highest BCUT2D eigenvalue weighted by molar-refractivity contribution is 6.31. The minimum Gasteiger partial charge on any atom is -0.497 e. The van der Waals surface area contributed by atoms with Crippen molar-refractivity contribution in [3.05, 3.63) is 64.4 Å². The summed E-state index contributed by atoms with van der Waals surface area (Å²) in [5, 5.41) is 0.406. The lowest BCUT2D eigenvalue weighted by molar-refractivity contribution is 0.414. The van der Waals surface area contributed by atoms with Gasteiger partial charge in [-0.15, -0.1) is 0 Å². The molecule has 0 spiro atoms. The monoisotopic (exact) mass is 279 g/mol. The maximum atomic E-state index is 13.0. The zero-order valence-electron chi connectivity index (χ0n) is 10.6. The highest BCUT2D eigenvalue weighted by atomic mass is 35.5. The molecule has 0 saturated carbocycles. The Morgan fingerprint density at radius 1 is 1.21 bits per heavy atom. The summed E-state index contributed by atoms with van der Waals surface area (Å²) in [6.45, 7) is 0. The van der Waals surface area contributed by atoms with E-state index in [1.807, 2.05) is 24.3 Å². The van der Waals surface area contributed by atoms with Crippen LogP contribution in [0.4, 0.5) is 4.39 Å². The summed E-state index contributed by atoms with van der Waals surface area (Å²) in [5.74, 6) is 0.447. The van der Waals surface area contributed by atoms with Crippen LogP contribution in [-0.2, 0) is 6.42 Å². The molecule has 0 heterocycles. The summed E-state index contributed by atoms with van der Waals surface area (Å²) in [6.07, 6.45) is 0.561. The molecule has 0 aliphatic carbocycles. The van der Waals surface area contributed by atoms with E-state index < -0.39 is 0 Å². The highest BCUT2D eigenvalue weighted by Crippen LogP contribution is 2.24. The Morgan fingerprint density at radius 3 is 2.47 bits per heavy atom. The molecule has 100 valence electrons. The van der Waals surface area contributed by atoms with E-state index >= 15 is 0 Å². The molecule has 19 heavy (non-hydrogen) atoms. The van der Waals surface area contributed by atoms with E-state index in [1.165, 1.54) is 12.1 Å². The largest absolute Gasteiger partial charge is 0.497 e. The summed E-state index contributed by atoms with van der Waals surface area (Å²) in [7, 11) is 1.62. The lowest BCUT2D eigenvalue weighted by Crippen LogP contribution is -2.13. The average Bonchev–Trinajstić information content (AvgIpc) is 2.42. The number of rotatable bonds is 4. The molecule has 0 bridgehead atoms. The molecule has 1 unspecified atom stereocenters. The van der Waals surface area contributed by atoms with Crippen LogP contribution >= 0.6 is 11.6 Å².